The van der Waals surface area contributed by atoms with Crippen molar-refractivity contribution in [1.82, 2.24) is 9.88 Å². The number of imide groups is 1. The second-order valence-corrected chi connectivity index (χ2v) is 7.65. The quantitative estimate of drug-likeness (QED) is 0.511. The smallest absolute Gasteiger partial charge is 0.332 e. The lowest BCUT2D eigenvalue weighted by molar-refractivity contribution is -0.124. The number of nitrogens with zero attached hydrogens (tertiary/aromatic N) is 3. The molecule has 0 radical (unpaired) electrons. The van der Waals surface area contributed by atoms with E-state index in [4.69, 9.17) is 4.74 Å². The summed E-state index contributed by atoms with van der Waals surface area (Å²) in [5.41, 5.74) is 1.49. The number of nitrogens with one attached hydrogen (secondary N) is 1. The van der Waals surface area contributed by atoms with E-state index in [0.29, 0.717) is 23.6 Å². The fourth-order valence-corrected chi connectivity index (χ4v) is 3.72. The van der Waals surface area contributed by atoms with Gasteiger partial charge < -0.3 is 15.0 Å². The summed E-state index contributed by atoms with van der Waals surface area (Å²) in [6.07, 6.45) is 2.96. The lowest BCUT2D eigenvalue weighted by Gasteiger charge is -2.21. The van der Waals surface area contributed by atoms with Gasteiger partial charge in [-0.3, -0.25) is 14.6 Å². The van der Waals surface area contributed by atoms with Crippen LogP contribution in [0.25, 0.3) is 0 Å². The SMILES string of the molecule is CCOc1ccc(NC(=O)C[C@@H]2C(=O)N(c3ccc(F)cc3)C(=O)N2Cc2cccnc2)cc1. The topological polar surface area (TPSA) is 91.8 Å². The Hall–Kier alpha value is -4.27. The first-order valence-electron chi connectivity index (χ1n) is 10.8. The molecular weight excluding hydrogens is 439 g/mol. The van der Waals surface area contributed by atoms with E-state index in [1.807, 2.05) is 6.92 Å². The maximum atomic E-state index is 13.4. The number of aromatic nitrogens is 1. The minimum absolute atomic E-state index is 0.0944. The molecule has 1 fully saturated rings. The zero-order valence-electron chi connectivity index (χ0n) is 18.5. The van der Waals surface area contributed by atoms with Gasteiger partial charge in [-0.15, -0.1) is 0 Å². The molecule has 3 aromatic rings. The van der Waals surface area contributed by atoms with E-state index in [0.717, 1.165) is 4.90 Å². The Kier molecular flexibility index (Phi) is 6.82. The van der Waals surface area contributed by atoms with E-state index >= 15 is 0 Å². The lowest BCUT2D eigenvalue weighted by Crippen LogP contribution is -2.37. The number of carbonyl (C=O) groups excluding carboxylic acids is 3. The molecule has 8 nitrogen and oxygen atoms in total. The minimum Gasteiger partial charge on any atom is -0.494 e. The van der Waals surface area contributed by atoms with Gasteiger partial charge in [0, 0.05) is 24.6 Å². The van der Waals surface area contributed by atoms with E-state index in [1.54, 1.807) is 48.8 Å². The maximum Gasteiger partial charge on any atom is 0.332 e. The first-order valence-corrected chi connectivity index (χ1v) is 10.8. The third kappa shape index (κ3) is 5.03. The molecule has 1 atom stereocenters. The lowest BCUT2D eigenvalue weighted by atomic mass is 10.1. The van der Waals surface area contributed by atoms with Crippen LogP contribution in [0.15, 0.2) is 73.1 Å². The predicted octanol–water partition coefficient (Wildman–Crippen LogP) is 3.99. The maximum absolute atomic E-state index is 13.4. The highest BCUT2D eigenvalue weighted by molar-refractivity contribution is 6.22. The van der Waals surface area contributed by atoms with Gasteiger partial charge in [0.1, 0.15) is 17.6 Å². The van der Waals surface area contributed by atoms with Crippen LogP contribution in [-0.2, 0) is 16.1 Å². The number of amides is 4. The van der Waals surface area contributed by atoms with Gasteiger partial charge in [0.25, 0.3) is 5.91 Å². The van der Waals surface area contributed by atoms with Crippen molar-refractivity contribution >= 4 is 29.2 Å². The van der Waals surface area contributed by atoms with Crippen LogP contribution in [0, 0.1) is 5.82 Å². The fourth-order valence-electron chi connectivity index (χ4n) is 3.72. The number of rotatable bonds is 8. The highest BCUT2D eigenvalue weighted by Gasteiger charge is 2.46. The van der Waals surface area contributed by atoms with Gasteiger partial charge in [-0.2, -0.15) is 0 Å². The molecule has 0 saturated carbocycles. The summed E-state index contributed by atoms with van der Waals surface area (Å²) in [7, 11) is 0. The molecule has 4 rings (SSSR count). The van der Waals surface area contributed by atoms with E-state index in [9.17, 15) is 18.8 Å². The van der Waals surface area contributed by atoms with Crippen LogP contribution in [0.2, 0.25) is 0 Å². The first kappa shape index (κ1) is 22.9. The third-order valence-corrected chi connectivity index (χ3v) is 5.31. The van der Waals surface area contributed by atoms with Gasteiger partial charge in [-0.1, -0.05) is 6.07 Å². The van der Waals surface area contributed by atoms with Crippen LogP contribution in [0.5, 0.6) is 5.75 Å². The summed E-state index contributed by atoms with van der Waals surface area (Å²) < 4.78 is 18.8. The van der Waals surface area contributed by atoms with Crippen molar-refractivity contribution < 1.29 is 23.5 Å². The molecule has 2 heterocycles. The summed E-state index contributed by atoms with van der Waals surface area (Å²) in [4.78, 5) is 45.7. The van der Waals surface area contributed by atoms with Crippen LogP contribution in [-0.4, -0.2) is 40.4 Å². The van der Waals surface area contributed by atoms with Crippen LogP contribution in [0.3, 0.4) is 0 Å². The molecule has 2 aromatic carbocycles. The monoisotopic (exact) mass is 462 g/mol. The Balaban J connectivity index is 1.55. The van der Waals surface area contributed by atoms with Crippen LogP contribution in [0.1, 0.15) is 18.9 Å². The Morgan fingerprint density at radius 1 is 1.09 bits per heavy atom. The second kappa shape index (κ2) is 10.1. The number of pyridine rings is 1. The standard InChI is InChI=1S/C25H23FN4O4/c1-2-34-21-11-7-19(8-12-21)28-23(31)14-22-24(32)30(20-9-5-18(26)6-10-20)25(33)29(22)16-17-4-3-13-27-15-17/h3-13,15,22H,2,14,16H2,1H3,(H,28,31)/t22-/m1/s1. The summed E-state index contributed by atoms with van der Waals surface area (Å²) >= 11 is 0. The van der Waals surface area contributed by atoms with Crippen molar-refractivity contribution in [3.8, 4) is 5.75 Å². The molecule has 1 N–H and O–H groups in total. The molecule has 0 spiro atoms. The van der Waals surface area contributed by atoms with Crippen LogP contribution >= 0.6 is 0 Å². The number of hydrogen-bond donors (Lipinski definition) is 1. The van der Waals surface area contributed by atoms with Gasteiger partial charge in [0.15, 0.2) is 0 Å². The molecule has 9 heteroatoms. The molecule has 0 bridgehead atoms. The van der Waals surface area contributed by atoms with Gasteiger partial charge in [0.2, 0.25) is 5.91 Å². The molecule has 0 unspecified atom stereocenters. The number of urea groups is 1. The van der Waals surface area contributed by atoms with E-state index < -0.39 is 29.7 Å². The third-order valence-electron chi connectivity index (χ3n) is 5.31. The summed E-state index contributed by atoms with van der Waals surface area (Å²) in [6.45, 7) is 2.50. The number of benzene rings is 2. The minimum atomic E-state index is -1.03. The molecule has 1 saturated heterocycles. The number of ether oxygens (including phenoxy) is 1. The van der Waals surface area contributed by atoms with Gasteiger partial charge >= 0.3 is 6.03 Å². The normalized spacial score (nSPS) is 15.5. The fraction of sp³-hybridized carbons (Fsp3) is 0.200. The average Bonchev–Trinajstić information content (AvgIpc) is 3.06. The van der Waals surface area contributed by atoms with Crippen LogP contribution in [0.4, 0.5) is 20.6 Å². The molecular formula is C25H23FN4O4. The van der Waals surface area contributed by atoms with Crippen molar-refractivity contribution in [1.29, 1.82) is 0 Å². The summed E-state index contributed by atoms with van der Waals surface area (Å²) in [5.74, 6) is -0.786. The molecule has 1 aliphatic rings. The van der Waals surface area contributed by atoms with E-state index in [2.05, 4.69) is 10.3 Å². The van der Waals surface area contributed by atoms with Crippen LogP contribution < -0.4 is 15.0 Å². The number of anilines is 2. The Morgan fingerprint density at radius 3 is 2.47 bits per heavy atom. The van der Waals surface area contributed by atoms with Gasteiger partial charge in [-0.25, -0.2) is 14.1 Å². The largest absolute Gasteiger partial charge is 0.494 e. The highest BCUT2D eigenvalue weighted by atomic mass is 19.1. The molecule has 0 aliphatic carbocycles. The first-order chi connectivity index (χ1) is 16.5. The molecule has 1 aromatic heterocycles. The molecule has 34 heavy (non-hydrogen) atoms. The molecule has 4 amide bonds. The average molecular weight is 462 g/mol. The van der Waals surface area contributed by atoms with Crippen molar-refractivity contribution in [2.45, 2.75) is 25.9 Å². The Bertz CT molecular complexity index is 1170. The highest BCUT2D eigenvalue weighted by Crippen LogP contribution is 2.29. The van der Waals surface area contributed by atoms with Crippen molar-refractivity contribution in [2.24, 2.45) is 0 Å². The summed E-state index contributed by atoms with van der Waals surface area (Å²) in [6, 6.07) is 13.8. The van der Waals surface area contributed by atoms with E-state index in [-0.39, 0.29) is 18.7 Å². The van der Waals surface area contributed by atoms with Gasteiger partial charge in [0.05, 0.1) is 18.7 Å². The number of halogens is 1. The zero-order valence-corrected chi connectivity index (χ0v) is 18.5. The van der Waals surface area contributed by atoms with Crippen molar-refractivity contribution in [3.63, 3.8) is 0 Å². The predicted molar refractivity (Wildman–Crippen MR) is 124 cm³/mol. The number of carbonyl (C=O) groups is 3. The second-order valence-electron chi connectivity index (χ2n) is 7.65. The Labute approximate surface area is 196 Å². The molecule has 174 valence electrons. The van der Waals surface area contributed by atoms with Gasteiger partial charge in [-0.05, 0) is 67.1 Å². The molecule has 1 aliphatic heterocycles. The van der Waals surface area contributed by atoms with Crippen molar-refractivity contribution in [2.75, 3.05) is 16.8 Å². The zero-order chi connectivity index (χ0) is 24.1. The number of hydrogen-bond acceptors (Lipinski definition) is 5. The van der Waals surface area contributed by atoms with E-state index in [1.165, 1.54) is 29.2 Å². The Morgan fingerprint density at radius 2 is 1.82 bits per heavy atom. The van der Waals surface area contributed by atoms with Crippen molar-refractivity contribution in [3.05, 3.63) is 84.4 Å². The summed E-state index contributed by atoms with van der Waals surface area (Å²) in [5, 5.41) is 2.75.